The number of ether oxygens (including phenoxy) is 2. The standard InChI is InChI=1S/C20H20ClN5O3S/c1-28-16-9-17(29-2)15(8-14(16)21)23-18(27)11-30-20-25-24-19(26(20)13-5-6-13)12-4-3-7-22-10-12/h3-4,7-10,13H,5-6,11H2,1-2H3,(H,23,27). The highest BCUT2D eigenvalue weighted by molar-refractivity contribution is 7.99. The van der Waals surface area contributed by atoms with Crippen LogP contribution in [0.3, 0.4) is 0 Å². The van der Waals surface area contributed by atoms with Crippen molar-refractivity contribution >= 4 is 35.0 Å². The summed E-state index contributed by atoms with van der Waals surface area (Å²) in [6, 6.07) is 7.43. The van der Waals surface area contributed by atoms with Crippen LogP contribution in [0.1, 0.15) is 18.9 Å². The molecule has 0 aliphatic heterocycles. The summed E-state index contributed by atoms with van der Waals surface area (Å²) in [4.78, 5) is 16.7. The fourth-order valence-corrected chi connectivity index (χ4v) is 4.05. The minimum Gasteiger partial charge on any atom is -0.495 e. The van der Waals surface area contributed by atoms with Crippen molar-refractivity contribution in [3.63, 3.8) is 0 Å². The third-order valence-electron chi connectivity index (χ3n) is 4.58. The summed E-state index contributed by atoms with van der Waals surface area (Å²) in [6.45, 7) is 0. The molecule has 2 heterocycles. The van der Waals surface area contributed by atoms with Crippen molar-refractivity contribution in [1.82, 2.24) is 19.7 Å². The lowest BCUT2D eigenvalue weighted by Crippen LogP contribution is -2.15. The van der Waals surface area contributed by atoms with Crippen molar-refractivity contribution in [2.45, 2.75) is 24.0 Å². The molecule has 2 aromatic heterocycles. The summed E-state index contributed by atoms with van der Waals surface area (Å²) in [5.74, 6) is 1.69. The number of anilines is 1. The molecule has 1 aliphatic carbocycles. The lowest BCUT2D eigenvalue weighted by Gasteiger charge is -2.13. The van der Waals surface area contributed by atoms with Gasteiger partial charge in [-0.15, -0.1) is 10.2 Å². The van der Waals surface area contributed by atoms with Gasteiger partial charge in [-0.05, 0) is 31.0 Å². The molecule has 0 saturated heterocycles. The van der Waals surface area contributed by atoms with Crippen LogP contribution in [0.4, 0.5) is 5.69 Å². The minimum absolute atomic E-state index is 0.171. The van der Waals surface area contributed by atoms with Gasteiger partial charge in [-0.3, -0.25) is 14.3 Å². The molecule has 8 nitrogen and oxygen atoms in total. The highest BCUT2D eigenvalue weighted by Crippen LogP contribution is 2.41. The molecule has 0 atom stereocenters. The number of hydrogen-bond donors (Lipinski definition) is 1. The normalized spacial score (nSPS) is 13.2. The van der Waals surface area contributed by atoms with Crippen molar-refractivity contribution in [1.29, 1.82) is 0 Å². The second kappa shape index (κ2) is 8.93. The van der Waals surface area contributed by atoms with E-state index >= 15 is 0 Å². The maximum Gasteiger partial charge on any atom is 0.234 e. The predicted molar refractivity (Wildman–Crippen MR) is 115 cm³/mol. The van der Waals surface area contributed by atoms with Crippen LogP contribution in [0.2, 0.25) is 5.02 Å². The first-order valence-corrected chi connectivity index (χ1v) is 10.7. The maximum absolute atomic E-state index is 12.6. The summed E-state index contributed by atoms with van der Waals surface area (Å²) in [5.41, 5.74) is 1.39. The van der Waals surface area contributed by atoms with Crippen molar-refractivity contribution < 1.29 is 14.3 Å². The molecular weight excluding hydrogens is 426 g/mol. The van der Waals surface area contributed by atoms with Gasteiger partial charge in [-0.25, -0.2) is 0 Å². The van der Waals surface area contributed by atoms with Crippen LogP contribution in [0.25, 0.3) is 11.4 Å². The zero-order chi connectivity index (χ0) is 21.1. The molecule has 1 aliphatic rings. The number of methoxy groups -OCH3 is 2. The smallest absolute Gasteiger partial charge is 0.234 e. The number of carbonyl (C=O) groups is 1. The van der Waals surface area contributed by atoms with Crippen molar-refractivity contribution in [2.75, 3.05) is 25.3 Å². The van der Waals surface area contributed by atoms with Crippen LogP contribution in [-0.4, -0.2) is 45.6 Å². The number of nitrogens with zero attached hydrogens (tertiary/aromatic N) is 4. The summed E-state index contributed by atoms with van der Waals surface area (Å²) in [6.07, 6.45) is 5.64. The van der Waals surface area contributed by atoms with Crippen molar-refractivity contribution in [3.8, 4) is 22.9 Å². The Bertz CT molecular complexity index is 1060. The molecule has 0 radical (unpaired) electrons. The molecule has 1 amide bonds. The molecule has 0 bridgehead atoms. The van der Waals surface area contributed by atoms with Gasteiger partial charge in [0.2, 0.25) is 5.91 Å². The zero-order valence-corrected chi connectivity index (χ0v) is 18.0. The Balaban J connectivity index is 1.48. The Morgan fingerprint density at radius 3 is 2.73 bits per heavy atom. The van der Waals surface area contributed by atoms with E-state index in [1.807, 2.05) is 12.1 Å². The van der Waals surface area contributed by atoms with Gasteiger partial charge in [0, 0.05) is 30.1 Å². The monoisotopic (exact) mass is 445 g/mol. The summed E-state index contributed by atoms with van der Waals surface area (Å²) in [5, 5.41) is 12.6. The van der Waals surface area contributed by atoms with E-state index in [1.54, 1.807) is 24.5 Å². The van der Waals surface area contributed by atoms with Gasteiger partial charge < -0.3 is 14.8 Å². The topological polar surface area (TPSA) is 91.2 Å². The fourth-order valence-electron chi connectivity index (χ4n) is 3.00. The quantitative estimate of drug-likeness (QED) is 0.522. The zero-order valence-electron chi connectivity index (χ0n) is 16.5. The van der Waals surface area contributed by atoms with Crippen LogP contribution in [-0.2, 0) is 4.79 Å². The van der Waals surface area contributed by atoms with Crippen LogP contribution >= 0.6 is 23.4 Å². The number of pyridine rings is 1. The van der Waals surface area contributed by atoms with E-state index in [9.17, 15) is 4.79 Å². The molecule has 1 saturated carbocycles. The van der Waals surface area contributed by atoms with E-state index in [2.05, 4.69) is 25.1 Å². The van der Waals surface area contributed by atoms with Crippen LogP contribution in [0, 0.1) is 0 Å². The SMILES string of the molecule is COc1cc(OC)c(NC(=O)CSc2nnc(-c3cccnc3)n2C2CC2)cc1Cl. The number of hydrogen-bond acceptors (Lipinski definition) is 7. The Labute approximate surface area is 183 Å². The number of aromatic nitrogens is 4. The molecule has 1 aromatic carbocycles. The van der Waals surface area contributed by atoms with Gasteiger partial charge in [0.15, 0.2) is 11.0 Å². The minimum atomic E-state index is -0.201. The van der Waals surface area contributed by atoms with E-state index in [0.717, 1.165) is 24.2 Å². The predicted octanol–water partition coefficient (Wildman–Crippen LogP) is 4.08. The van der Waals surface area contributed by atoms with Gasteiger partial charge in [0.25, 0.3) is 0 Å². The molecule has 0 spiro atoms. The number of carbonyl (C=O) groups excluding carboxylic acids is 1. The second-order valence-electron chi connectivity index (χ2n) is 6.67. The lowest BCUT2D eigenvalue weighted by molar-refractivity contribution is -0.113. The van der Waals surface area contributed by atoms with E-state index in [-0.39, 0.29) is 11.7 Å². The number of nitrogens with one attached hydrogen (secondary N) is 1. The Kier molecular flexibility index (Phi) is 6.10. The number of thioether (sulfide) groups is 1. The molecule has 0 unspecified atom stereocenters. The molecule has 3 aromatic rings. The van der Waals surface area contributed by atoms with E-state index in [0.29, 0.717) is 33.4 Å². The van der Waals surface area contributed by atoms with E-state index < -0.39 is 0 Å². The number of halogens is 1. The highest BCUT2D eigenvalue weighted by Gasteiger charge is 2.30. The molecule has 30 heavy (non-hydrogen) atoms. The maximum atomic E-state index is 12.6. The van der Waals surface area contributed by atoms with Crippen LogP contribution in [0.5, 0.6) is 11.5 Å². The molecule has 1 fully saturated rings. The second-order valence-corrected chi connectivity index (χ2v) is 8.02. The van der Waals surface area contributed by atoms with Gasteiger partial charge in [-0.1, -0.05) is 23.4 Å². The highest BCUT2D eigenvalue weighted by atomic mass is 35.5. The lowest BCUT2D eigenvalue weighted by atomic mass is 10.2. The van der Waals surface area contributed by atoms with Crippen LogP contribution in [0.15, 0.2) is 41.8 Å². The molecule has 10 heteroatoms. The molecular formula is C20H20ClN5O3S. The first-order valence-electron chi connectivity index (χ1n) is 9.30. The third-order valence-corrected chi connectivity index (χ3v) is 5.82. The summed E-state index contributed by atoms with van der Waals surface area (Å²) < 4.78 is 12.6. The van der Waals surface area contributed by atoms with Gasteiger partial charge >= 0.3 is 0 Å². The molecule has 4 rings (SSSR count). The Hall–Kier alpha value is -2.78. The largest absolute Gasteiger partial charge is 0.495 e. The van der Waals surface area contributed by atoms with Crippen molar-refractivity contribution in [3.05, 3.63) is 41.7 Å². The Morgan fingerprint density at radius 2 is 2.07 bits per heavy atom. The molecule has 1 N–H and O–H groups in total. The summed E-state index contributed by atoms with van der Waals surface area (Å²) >= 11 is 7.52. The van der Waals surface area contributed by atoms with Crippen LogP contribution < -0.4 is 14.8 Å². The Morgan fingerprint density at radius 1 is 1.27 bits per heavy atom. The third kappa shape index (κ3) is 4.36. The fraction of sp³-hybridized carbons (Fsp3) is 0.300. The van der Waals surface area contributed by atoms with Gasteiger partial charge in [0.1, 0.15) is 11.5 Å². The number of benzene rings is 1. The van der Waals surface area contributed by atoms with Crippen molar-refractivity contribution in [2.24, 2.45) is 0 Å². The number of rotatable bonds is 8. The first kappa shape index (κ1) is 20.5. The number of amides is 1. The summed E-state index contributed by atoms with van der Waals surface area (Å²) in [7, 11) is 3.04. The van der Waals surface area contributed by atoms with Gasteiger partial charge in [0.05, 0.1) is 30.7 Å². The average Bonchev–Trinajstić information content (AvgIpc) is 3.52. The average molecular weight is 446 g/mol. The first-order chi connectivity index (χ1) is 14.6. The molecule has 156 valence electrons. The van der Waals surface area contributed by atoms with E-state index in [4.69, 9.17) is 21.1 Å². The van der Waals surface area contributed by atoms with E-state index in [1.165, 1.54) is 26.0 Å². The van der Waals surface area contributed by atoms with Gasteiger partial charge in [-0.2, -0.15) is 0 Å².